The second kappa shape index (κ2) is 5.05. The van der Waals surface area contributed by atoms with Gasteiger partial charge in [-0.1, -0.05) is 0 Å². The van der Waals surface area contributed by atoms with Crippen LogP contribution in [0.25, 0.3) is 0 Å². The maximum Gasteiger partial charge on any atom is 0.147 e. The molecule has 6 heteroatoms. The molecule has 0 aliphatic carbocycles. The Morgan fingerprint density at radius 3 is 2.73 bits per heavy atom. The van der Waals surface area contributed by atoms with E-state index < -0.39 is 9.84 Å². The second-order valence-electron chi connectivity index (χ2n) is 3.46. The van der Waals surface area contributed by atoms with Gasteiger partial charge < -0.3 is 5.73 Å². The number of nitrogens with zero attached hydrogens (tertiary/aromatic N) is 1. The Kier molecular flexibility index (Phi) is 4.24. The Labute approximate surface area is 97.9 Å². The lowest BCUT2D eigenvalue weighted by Crippen LogP contribution is -2.15. The molecule has 2 N–H and O–H groups in total. The van der Waals surface area contributed by atoms with Crippen molar-refractivity contribution in [3.05, 3.63) is 28.5 Å². The van der Waals surface area contributed by atoms with E-state index in [-0.39, 0.29) is 11.8 Å². The summed E-state index contributed by atoms with van der Waals surface area (Å²) in [6, 6.07) is 1.56. The molecule has 84 valence electrons. The van der Waals surface area contributed by atoms with E-state index in [1.54, 1.807) is 12.4 Å². The second-order valence-corrected chi connectivity index (χ2v) is 6.64. The van der Waals surface area contributed by atoms with Gasteiger partial charge in [-0.05, 0) is 34.0 Å². The van der Waals surface area contributed by atoms with Gasteiger partial charge in [0, 0.05) is 29.2 Å². The van der Waals surface area contributed by atoms with Crippen molar-refractivity contribution < 1.29 is 8.42 Å². The van der Waals surface area contributed by atoms with Crippen molar-refractivity contribution in [1.82, 2.24) is 4.98 Å². The molecule has 0 radical (unpaired) electrons. The lowest BCUT2D eigenvalue weighted by Gasteiger charge is -2.10. The lowest BCUT2D eigenvalue weighted by atomic mass is 10.1. The van der Waals surface area contributed by atoms with E-state index in [1.165, 1.54) is 6.26 Å². The fourth-order valence-corrected chi connectivity index (χ4v) is 2.20. The summed E-state index contributed by atoms with van der Waals surface area (Å²) in [7, 11) is -2.95. The standard InChI is InChI=1S/C9H13BrN2O2S/c1-15(13,14)3-2-9(11)7-4-8(10)6-12-5-7/h4-6,9H,2-3,11H2,1H3. The molecule has 0 saturated heterocycles. The largest absolute Gasteiger partial charge is 0.324 e. The normalized spacial score (nSPS) is 13.8. The summed E-state index contributed by atoms with van der Waals surface area (Å²) in [5.41, 5.74) is 6.69. The predicted octanol–water partition coefficient (Wildman–Crippen LogP) is 1.28. The van der Waals surface area contributed by atoms with Gasteiger partial charge in [0.05, 0.1) is 5.75 Å². The molecule has 1 aromatic heterocycles. The van der Waals surface area contributed by atoms with Crippen LogP contribution in [0.1, 0.15) is 18.0 Å². The van der Waals surface area contributed by atoms with Crippen LogP contribution in [-0.4, -0.2) is 25.4 Å². The third-order valence-corrected chi connectivity index (χ3v) is 3.36. The van der Waals surface area contributed by atoms with Gasteiger partial charge in [0.25, 0.3) is 0 Å². The molecule has 0 bridgehead atoms. The Balaban J connectivity index is 2.65. The van der Waals surface area contributed by atoms with Gasteiger partial charge in [0.1, 0.15) is 9.84 Å². The molecule has 0 saturated carbocycles. The van der Waals surface area contributed by atoms with E-state index in [0.29, 0.717) is 6.42 Å². The summed E-state index contributed by atoms with van der Waals surface area (Å²) in [5.74, 6) is 0.0979. The lowest BCUT2D eigenvalue weighted by molar-refractivity contribution is 0.591. The Bertz CT molecular complexity index is 433. The van der Waals surface area contributed by atoms with Gasteiger partial charge in [-0.25, -0.2) is 8.42 Å². The quantitative estimate of drug-likeness (QED) is 0.907. The van der Waals surface area contributed by atoms with Crippen molar-refractivity contribution in [2.24, 2.45) is 5.73 Å². The summed E-state index contributed by atoms with van der Waals surface area (Å²) < 4.78 is 22.7. The predicted molar refractivity (Wildman–Crippen MR) is 63.2 cm³/mol. The molecule has 0 spiro atoms. The number of nitrogens with two attached hydrogens (primary N) is 1. The third kappa shape index (κ3) is 4.72. The molecular formula is C9H13BrN2O2S. The maximum atomic E-state index is 11.0. The van der Waals surface area contributed by atoms with Gasteiger partial charge in [-0.2, -0.15) is 0 Å². The smallest absolute Gasteiger partial charge is 0.147 e. The van der Waals surface area contributed by atoms with E-state index in [2.05, 4.69) is 20.9 Å². The monoisotopic (exact) mass is 292 g/mol. The minimum Gasteiger partial charge on any atom is -0.324 e. The molecule has 0 aromatic carbocycles. The van der Waals surface area contributed by atoms with Gasteiger partial charge in [-0.3, -0.25) is 4.98 Å². The number of hydrogen-bond donors (Lipinski definition) is 1. The van der Waals surface area contributed by atoms with Crippen molar-refractivity contribution in [3.8, 4) is 0 Å². The van der Waals surface area contributed by atoms with Crippen molar-refractivity contribution in [1.29, 1.82) is 0 Å². The molecule has 15 heavy (non-hydrogen) atoms. The highest BCUT2D eigenvalue weighted by molar-refractivity contribution is 9.10. The highest BCUT2D eigenvalue weighted by Gasteiger charge is 2.10. The summed E-state index contributed by atoms with van der Waals surface area (Å²) >= 11 is 3.28. The van der Waals surface area contributed by atoms with E-state index in [9.17, 15) is 8.42 Å². The van der Waals surface area contributed by atoms with E-state index in [1.807, 2.05) is 6.07 Å². The molecule has 1 heterocycles. The van der Waals surface area contributed by atoms with Crippen LogP contribution in [-0.2, 0) is 9.84 Å². The third-order valence-electron chi connectivity index (χ3n) is 1.95. The first kappa shape index (κ1) is 12.6. The van der Waals surface area contributed by atoms with Crippen LogP contribution in [0.3, 0.4) is 0 Å². The number of rotatable bonds is 4. The van der Waals surface area contributed by atoms with Gasteiger partial charge >= 0.3 is 0 Å². The maximum absolute atomic E-state index is 11.0. The van der Waals surface area contributed by atoms with Crippen LogP contribution < -0.4 is 5.73 Å². The molecule has 1 unspecified atom stereocenters. The van der Waals surface area contributed by atoms with E-state index in [4.69, 9.17) is 5.73 Å². The summed E-state index contributed by atoms with van der Waals surface area (Å²) in [5, 5.41) is 0. The van der Waals surface area contributed by atoms with E-state index in [0.717, 1.165) is 10.0 Å². The van der Waals surface area contributed by atoms with Crippen LogP contribution in [0.4, 0.5) is 0 Å². The highest BCUT2D eigenvalue weighted by Crippen LogP contribution is 2.17. The van der Waals surface area contributed by atoms with Crippen LogP contribution in [0.15, 0.2) is 22.9 Å². The minimum absolute atomic E-state index is 0.0979. The fraction of sp³-hybridized carbons (Fsp3) is 0.444. The van der Waals surface area contributed by atoms with Gasteiger partial charge in [0.2, 0.25) is 0 Å². The zero-order chi connectivity index (χ0) is 11.5. The average molecular weight is 293 g/mol. The summed E-state index contributed by atoms with van der Waals surface area (Å²) in [4.78, 5) is 3.97. The topological polar surface area (TPSA) is 73.0 Å². The summed E-state index contributed by atoms with van der Waals surface area (Å²) in [6.07, 6.45) is 4.93. The van der Waals surface area contributed by atoms with Crippen LogP contribution >= 0.6 is 15.9 Å². The number of hydrogen-bond acceptors (Lipinski definition) is 4. The van der Waals surface area contributed by atoms with Crippen LogP contribution in [0.5, 0.6) is 0 Å². The average Bonchev–Trinajstić information content (AvgIpc) is 2.13. The molecule has 1 aromatic rings. The van der Waals surface area contributed by atoms with Crippen molar-refractivity contribution >= 4 is 25.8 Å². The summed E-state index contributed by atoms with van der Waals surface area (Å²) in [6.45, 7) is 0. The molecular weight excluding hydrogens is 280 g/mol. The van der Waals surface area contributed by atoms with Crippen molar-refractivity contribution in [3.63, 3.8) is 0 Å². The highest BCUT2D eigenvalue weighted by atomic mass is 79.9. The van der Waals surface area contributed by atoms with Gasteiger partial charge in [0.15, 0.2) is 0 Å². The number of aromatic nitrogens is 1. The molecule has 0 amide bonds. The molecule has 4 nitrogen and oxygen atoms in total. The van der Waals surface area contributed by atoms with Crippen LogP contribution in [0, 0.1) is 0 Å². The van der Waals surface area contributed by atoms with Crippen molar-refractivity contribution in [2.45, 2.75) is 12.5 Å². The van der Waals surface area contributed by atoms with Crippen molar-refractivity contribution in [2.75, 3.05) is 12.0 Å². The Morgan fingerprint density at radius 1 is 1.53 bits per heavy atom. The Morgan fingerprint density at radius 2 is 2.20 bits per heavy atom. The minimum atomic E-state index is -2.95. The zero-order valence-electron chi connectivity index (χ0n) is 8.35. The first-order chi connectivity index (χ1) is 6.88. The first-order valence-electron chi connectivity index (χ1n) is 4.42. The van der Waals surface area contributed by atoms with E-state index >= 15 is 0 Å². The zero-order valence-corrected chi connectivity index (χ0v) is 10.8. The molecule has 0 aliphatic heterocycles. The Hall–Kier alpha value is -0.460. The van der Waals surface area contributed by atoms with Crippen LogP contribution in [0.2, 0.25) is 0 Å². The number of pyridine rings is 1. The molecule has 0 fully saturated rings. The molecule has 1 rings (SSSR count). The SMILES string of the molecule is CS(=O)(=O)CCC(N)c1cncc(Br)c1. The van der Waals surface area contributed by atoms with Gasteiger partial charge in [-0.15, -0.1) is 0 Å². The first-order valence-corrected chi connectivity index (χ1v) is 7.27. The molecule has 1 atom stereocenters. The fourth-order valence-electron chi connectivity index (χ4n) is 1.14. The number of sulfone groups is 1. The number of halogens is 1. The molecule has 0 aliphatic rings.